The molecule has 0 atom stereocenters. The predicted octanol–water partition coefficient (Wildman–Crippen LogP) is 4.02. The molecule has 0 aliphatic rings. The topological polar surface area (TPSA) is 38.9 Å². The van der Waals surface area contributed by atoms with E-state index in [-0.39, 0.29) is 0 Å². The largest absolute Gasteiger partial charge is 0.441 e. The van der Waals surface area contributed by atoms with E-state index in [0.29, 0.717) is 5.89 Å². The maximum absolute atomic E-state index is 5.49. The summed E-state index contributed by atoms with van der Waals surface area (Å²) in [5.41, 5.74) is 2.75. The highest BCUT2D eigenvalue weighted by atomic mass is 79.9. The smallest absolute Gasteiger partial charge is 0.192 e. The van der Waals surface area contributed by atoms with Crippen LogP contribution in [0.5, 0.6) is 0 Å². The van der Waals surface area contributed by atoms with Gasteiger partial charge in [0.1, 0.15) is 15.1 Å². The van der Waals surface area contributed by atoms with E-state index < -0.39 is 0 Å². The number of aryl methyl sites for hydroxylation is 1. The minimum Gasteiger partial charge on any atom is -0.441 e. The van der Waals surface area contributed by atoms with E-state index in [1.807, 2.05) is 30.5 Å². The van der Waals surface area contributed by atoms with Crippen LogP contribution in [0.2, 0.25) is 0 Å². The molecule has 0 saturated carbocycles. The molecule has 0 unspecified atom stereocenters. The fourth-order valence-corrected chi connectivity index (χ4v) is 2.81. The first-order valence-electron chi connectivity index (χ1n) is 4.71. The van der Waals surface area contributed by atoms with Crippen LogP contribution in [-0.4, -0.2) is 9.97 Å². The third-order valence-corrected chi connectivity index (χ3v) is 3.82. The Morgan fingerprint density at radius 2 is 2.19 bits per heavy atom. The first-order chi connectivity index (χ1) is 7.72. The van der Waals surface area contributed by atoms with Crippen LogP contribution >= 0.6 is 27.3 Å². The van der Waals surface area contributed by atoms with Gasteiger partial charge in [-0.3, -0.25) is 0 Å². The molecule has 0 fully saturated rings. The van der Waals surface area contributed by atoms with Gasteiger partial charge in [-0.2, -0.15) is 0 Å². The fraction of sp³-hybridized carbons (Fsp3) is 0.0909. The van der Waals surface area contributed by atoms with Gasteiger partial charge in [0, 0.05) is 17.9 Å². The quantitative estimate of drug-likeness (QED) is 0.680. The van der Waals surface area contributed by atoms with E-state index in [2.05, 4.69) is 25.9 Å². The van der Waals surface area contributed by atoms with Crippen molar-refractivity contribution in [2.24, 2.45) is 0 Å². The average Bonchev–Trinajstić information content (AvgIpc) is 2.81. The third kappa shape index (κ3) is 1.66. The van der Waals surface area contributed by atoms with Gasteiger partial charge in [-0.05, 0) is 34.1 Å². The standard InChI is InChI=1S/C11H7BrN2OS/c1-6-13-8-3-2-7(4-9(8)15-6)11-14-10(12)5-16-11/h2-5H,1H3. The van der Waals surface area contributed by atoms with E-state index in [4.69, 9.17) is 4.42 Å². The Hall–Kier alpha value is -1.20. The van der Waals surface area contributed by atoms with Gasteiger partial charge < -0.3 is 4.42 Å². The molecule has 16 heavy (non-hydrogen) atoms. The maximum atomic E-state index is 5.49. The molecule has 3 rings (SSSR count). The highest BCUT2D eigenvalue weighted by Crippen LogP contribution is 2.28. The molecule has 3 aromatic rings. The molecule has 0 spiro atoms. The number of hydrogen-bond acceptors (Lipinski definition) is 4. The molecule has 0 bridgehead atoms. The van der Waals surface area contributed by atoms with Crippen molar-refractivity contribution < 1.29 is 4.42 Å². The lowest BCUT2D eigenvalue weighted by molar-refractivity contribution is 0.561. The Balaban J connectivity index is 2.17. The fourth-order valence-electron chi connectivity index (χ4n) is 1.56. The van der Waals surface area contributed by atoms with Crippen LogP contribution in [-0.2, 0) is 0 Å². The Kier molecular flexibility index (Phi) is 2.29. The third-order valence-electron chi connectivity index (χ3n) is 2.22. The number of oxazole rings is 1. The molecule has 2 heterocycles. The van der Waals surface area contributed by atoms with Crippen molar-refractivity contribution in [3.05, 3.63) is 34.1 Å². The molecule has 0 saturated heterocycles. The van der Waals surface area contributed by atoms with Crippen molar-refractivity contribution in [2.75, 3.05) is 0 Å². The van der Waals surface area contributed by atoms with Crippen molar-refractivity contribution in [1.29, 1.82) is 0 Å². The van der Waals surface area contributed by atoms with Crippen LogP contribution in [0.1, 0.15) is 5.89 Å². The lowest BCUT2D eigenvalue weighted by Gasteiger charge is -1.94. The SMILES string of the molecule is Cc1nc2ccc(-c3nc(Br)cs3)cc2o1. The number of hydrogen-bond donors (Lipinski definition) is 0. The summed E-state index contributed by atoms with van der Waals surface area (Å²) in [7, 11) is 0. The summed E-state index contributed by atoms with van der Waals surface area (Å²) in [4.78, 5) is 8.63. The highest BCUT2D eigenvalue weighted by molar-refractivity contribution is 9.10. The maximum Gasteiger partial charge on any atom is 0.192 e. The number of rotatable bonds is 1. The highest BCUT2D eigenvalue weighted by Gasteiger charge is 2.07. The van der Waals surface area contributed by atoms with Gasteiger partial charge in [-0.25, -0.2) is 9.97 Å². The molecule has 1 aromatic carbocycles. The summed E-state index contributed by atoms with van der Waals surface area (Å²) in [6.07, 6.45) is 0. The summed E-state index contributed by atoms with van der Waals surface area (Å²) < 4.78 is 6.35. The van der Waals surface area contributed by atoms with Gasteiger partial charge >= 0.3 is 0 Å². The molecular formula is C11H7BrN2OS. The molecule has 0 aliphatic heterocycles. The van der Waals surface area contributed by atoms with Gasteiger partial charge in [0.05, 0.1) is 0 Å². The summed E-state index contributed by atoms with van der Waals surface area (Å²) in [6.45, 7) is 1.85. The summed E-state index contributed by atoms with van der Waals surface area (Å²) >= 11 is 4.94. The molecule has 0 radical (unpaired) electrons. The zero-order valence-corrected chi connectivity index (χ0v) is 10.8. The first kappa shape index (κ1) is 9.99. The van der Waals surface area contributed by atoms with Gasteiger partial charge in [-0.15, -0.1) is 11.3 Å². The van der Waals surface area contributed by atoms with Crippen molar-refractivity contribution in [1.82, 2.24) is 9.97 Å². The van der Waals surface area contributed by atoms with Crippen molar-refractivity contribution in [3.8, 4) is 10.6 Å². The minimum atomic E-state index is 0.687. The molecule has 3 nitrogen and oxygen atoms in total. The number of nitrogens with zero attached hydrogens (tertiary/aromatic N) is 2. The van der Waals surface area contributed by atoms with E-state index in [9.17, 15) is 0 Å². The zero-order chi connectivity index (χ0) is 11.1. The summed E-state index contributed by atoms with van der Waals surface area (Å²) in [5.74, 6) is 0.687. The Bertz CT molecular complexity index is 659. The molecule has 5 heteroatoms. The Morgan fingerprint density at radius 3 is 2.94 bits per heavy atom. The van der Waals surface area contributed by atoms with Crippen LogP contribution in [0.25, 0.3) is 21.7 Å². The summed E-state index contributed by atoms with van der Waals surface area (Å²) in [6, 6.07) is 5.94. The second kappa shape index (κ2) is 3.68. The molecule has 2 aromatic heterocycles. The van der Waals surface area contributed by atoms with Crippen LogP contribution in [0.3, 0.4) is 0 Å². The normalized spacial score (nSPS) is 11.1. The molecular weight excluding hydrogens is 288 g/mol. The van der Waals surface area contributed by atoms with Gasteiger partial charge in [0.15, 0.2) is 11.5 Å². The van der Waals surface area contributed by atoms with E-state index in [1.54, 1.807) is 11.3 Å². The Labute approximate surface area is 104 Å². The second-order valence-corrected chi connectivity index (χ2v) is 5.06. The molecule has 0 aliphatic carbocycles. The molecule has 80 valence electrons. The van der Waals surface area contributed by atoms with Crippen molar-refractivity contribution in [3.63, 3.8) is 0 Å². The monoisotopic (exact) mass is 294 g/mol. The zero-order valence-electron chi connectivity index (χ0n) is 8.40. The minimum absolute atomic E-state index is 0.687. The summed E-state index contributed by atoms with van der Waals surface area (Å²) in [5, 5.41) is 2.94. The van der Waals surface area contributed by atoms with Crippen LogP contribution in [0.4, 0.5) is 0 Å². The van der Waals surface area contributed by atoms with E-state index in [1.165, 1.54) is 0 Å². The van der Waals surface area contributed by atoms with E-state index in [0.717, 1.165) is 26.3 Å². The van der Waals surface area contributed by atoms with Crippen LogP contribution in [0.15, 0.2) is 32.6 Å². The Morgan fingerprint density at radius 1 is 1.31 bits per heavy atom. The number of halogens is 1. The number of aromatic nitrogens is 2. The molecule has 0 amide bonds. The molecule has 0 N–H and O–H groups in total. The van der Waals surface area contributed by atoms with Crippen LogP contribution in [0, 0.1) is 6.92 Å². The van der Waals surface area contributed by atoms with Gasteiger partial charge in [0.25, 0.3) is 0 Å². The average molecular weight is 295 g/mol. The van der Waals surface area contributed by atoms with Crippen LogP contribution < -0.4 is 0 Å². The number of benzene rings is 1. The lowest BCUT2D eigenvalue weighted by Crippen LogP contribution is -1.75. The first-order valence-corrected chi connectivity index (χ1v) is 6.38. The van der Waals surface area contributed by atoms with Crippen molar-refractivity contribution >= 4 is 38.4 Å². The van der Waals surface area contributed by atoms with E-state index >= 15 is 0 Å². The second-order valence-electron chi connectivity index (χ2n) is 3.39. The van der Waals surface area contributed by atoms with Gasteiger partial charge in [-0.1, -0.05) is 0 Å². The van der Waals surface area contributed by atoms with Crippen molar-refractivity contribution in [2.45, 2.75) is 6.92 Å². The number of thiazole rings is 1. The van der Waals surface area contributed by atoms with Gasteiger partial charge in [0.2, 0.25) is 0 Å². The number of fused-ring (bicyclic) bond motifs is 1. The lowest BCUT2D eigenvalue weighted by atomic mass is 10.2. The predicted molar refractivity (Wildman–Crippen MR) is 67.6 cm³/mol.